The van der Waals surface area contributed by atoms with Crippen LogP contribution in [0.5, 0.6) is 11.5 Å². The van der Waals surface area contributed by atoms with Gasteiger partial charge in [-0.25, -0.2) is 0 Å². The quantitative estimate of drug-likeness (QED) is 0.688. The molecule has 1 aromatic rings. The van der Waals surface area contributed by atoms with E-state index in [4.69, 9.17) is 44.3 Å². The molecule has 0 aliphatic rings. The highest BCUT2D eigenvalue weighted by atomic mass is 35.6. The summed E-state index contributed by atoms with van der Waals surface area (Å²) in [6.45, 7) is -0.354. The highest BCUT2D eigenvalue weighted by Gasteiger charge is 2.38. The molecule has 5 nitrogen and oxygen atoms in total. The van der Waals surface area contributed by atoms with E-state index in [-0.39, 0.29) is 30.0 Å². The van der Waals surface area contributed by atoms with E-state index >= 15 is 0 Å². The lowest BCUT2D eigenvalue weighted by atomic mass is 9.99. The topological polar surface area (TPSA) is 67.8 Å². The summed E-state index contributed by atoms with van der Waals surface area (Å²) in [6, 6.07) is 2.78. The smallest absolute Gasteiger partial charge is 0.471 e. The first-order valence-corrected chi connectivity index (χ1v) is 7.89. The van der Waals surface area contributed by atoms with Gasteiger partial charge in [0.1, 0.15) is 6.10 Å². The Morgan fingerprint density at radius 3 is 2.16 bits per heavy atom. The number of halogens is 6. The van der Waals surface area contributed by atoms with Crippen LogP contribution in [0.15, 0.2) is 12.1 Å². The molecule has 0 bridgehead atoms. The zero-order valence-electron chi connectivity index (χ0n) is 13.1. The zero-order valence-corrected chi connectivity index (χ0v) is 15.4. The number of hydrogen-bond donors (Lipinski definition) is 2. The molecular formula is C14H15Cl3F3NO4. The van der Waals surface area contributed by atoms with Crippen molar-refractivity contribution in [1.29, 1.82) is 0 Å². The van der Waals surface area contributed by atoms with Crippen molar-refractivity contribution in [2.45, 2.75) is 22.5 Å². The first kappa shape index (κ1) is 22.0. The summed E-state index contributed by atoms with van der Waals surface area (Å²) >= 11 is 17.1. The normalized spacial score (nSPS) is 13.3. The first-order chi connectivity index (χ1) is 11.4. The fraction of sp³-hybridized carbons (Fsp3) is 0.500. The molecule has 2 N–H and O–H groups in total. The number of ether oxygens (including phenoxy) is 2. The number of rotatable bonds is 6. The van der Waals surface area contributed by atoms with E-state index < -0.39 is 22.0 Å². The Hall–Kier alpha value is -1.09. The second kappa shape index (κ2) is 8.53. The van der Waals surface area contributed by atoms with Gasteiger partial charge >= 0.3 is 12.1 Å². The lowest BCUT2D eigenvalue weighted by molar-refractivity contribution is -0.173. The van der Waals surface area contributed by atoms with Crippen molar-refractivity contribution in [3.05, 3.63) is 23.3 Å². The summed E-state index contributed by atoms with van der Waals surface area (Å²) in [4.78, 5) is 10.9. The molecule has 0 aromatic heterocycles. The second-order valence-electron chi connectivity index (χ2n) is 4.85. The van der Waals surface area contributed by atoms with Gasteiger partial charge in [-0.1, -0.05) is 34.8 Å². The predicted octanol–water partition coefficient (Wildman–Crippen LogP) is 3.33. The molecule has 25 heavy (non-hydrogen) atoms. The average molecular weight is 425 g/mol. The molecule has 1 rings (SSSR count). The second-order valence-corrected chi connectivity index (χ2v) is 7.22. The molecule has 0 aliphatic carbocycles. The minimum absolute atomic E-state index is 0.0741. The predicted molar refractivity (Wildman–Crippen MR) is 87.6 cm³/mol. The maximum absolute atomic E-state index is 12.2. The van der Waals surface area contributed by atoms with Gasteiger partial charge in [0.2, 0.25) is 3.79 Å². The average Bonchev–Trinajstić information content (AvgIpc) is 2.51. The minimum Gasteiger partial charge on any atom is -0.493 e. The summed E-state index contributed by atoms with van der Waals surface area (Å²) < 4.78 is 44.8. The van der Waals surface area contributed by atoms with Crippen molar-refractivity contribution in [3.63, 3.8) is 0 Å². The number of carbonyl (C=O) groups is 1. The fourth-order valence-corrected chi connectivity index (χ4v) is 2.35. The molecule has 0 radical (unpaired) electrons. The zero-order chi connectivity index (χ0) is 19.4. The molecule has 1 unspecified atom stereocenters. The van der Waals surface area contributed by atoms with E-state index in [1.807, 2.05) is 0 Å². The number of amides is 1. The number of carbonyl (C=O) groups excluding carboxylic acids is 1. The van der Waals surface area contributed by atoms with Crippen LogP contribution in [-0.2, 0) is 11.2 Å². The lowest BCUT2D eigenvalue weighted by Gasteiger charge is -2.23. The van der Waals surface area contributed by atoms with Crippen molar-refractivity contribution >= 4 is 40.7 Å². The van der Waals surface area contributed by atoms with Crippen LogP contribution in [0.3, 0.4) is 0 Å². The van der Waals surface area contributed by atoms with Crippen molar-refractivity contribution in [1.82, 2.24) is 5.32 Å². The summed E-state index contributed by atoms with van der Waals surface area (Å²) in [5.41, 5.74) is 0.442. The number of methoxy groups -OCH3 is 2. The largest absolute Gasteiger partial charge is 0.493 e. The standard InChI is InChI=1S/C14H15Cl3F3NO4/c1-24-9-5-7(3-4-21-12(23)14(18,19)20)8(6-10(9)25-2)11(22)13(15,16)17/h5-6,11,22H,3-4H2,1-2H3,(H,21,23). The van der Waals surface area contributed by atoms with Crippen LogP contribution in [0.25, 0.3) is 0 Å². The molecule has 1 aromatic carbocycles. The molecule has 0 aliphatic heterocycles. The Labute approximate surface area is 156 Å². The summed E-state index contributed by atoms with van der Waals surface area (Å²) in [7, 11) is 2.71. The molecule has 1 atom stereocenters. The maximum Gasteiger partial charge on any atom is 0.471 e. The molecule has 1 amide bonds. The number of aliphatic hydroxyl groups excluding tert-OH is 1. The molecule has 142 valence electrons. The molecule has 0 spiro atoms. The third kappa shape index (κ3) is 5.99. The summed E-state index contributed by atoms with van der Waals surface area (Å²) in [5.74, 6) is -1.58. The molecule has 0 heterocycles. The maximum atomic E-state index is 12.2. The van der Waals surface area contributed by atoms with Crippen LogP contribution in [0.1, 0.15) is 17.2 Å². The van der Waals surface area contributed by atoms with Crippen LogP contribution in [0.4, 0.5) is 13.2 Å². The number of benzene rings is 1. The summed E-state index contributed by atoms with van der Waals surface area (Å²) in [5, 5.41) is 11.9. The molecule has 0 saturated heterocycles. The Bertz CT molecular complexity index is 621. The monoisotopic (exact) mass is 423 g/mol. The molecule has 0 saturated carbocycles. The third-order valence-electron chi connectivity index (χ3n) is 3.19. The van der Waals surface area contributed by atoms with Gasteiger partial charge in [-0.3, -0.25) is 4.79 Å². The van der Waals surface area contributed by atoms with E-state index in [2.05, 4.69) is 0 Å². The minimum atomic E-state index is -4.99. The number of nitrogens with one attached hydrogen (secondary N) is 1. The number of hydrogen-bond acceptors (Lipinski definition) is 4. The van der Waals surface area contributed by atoms with Crippen molar-refractivity contribution in [2.75, 3.05) is 20.8 Å². The van der Waals surface area contributed by atoms with Crippen LogP contribution < -0.4 is 14.8 Å². The van der Waals surface area contributed by atoms with Gasteiger partial charge in [-0.15, -0.1) is 0 Å². The van der Waals surface area contributed by atoms with E-state index in [1.54, 1.807) is 5.32 Å². The van der Waals surface area contributed by atoms with Gasteiger partial charge in [0.15, 0.2) is 11.5 Å². The van der Waals surface area contributed by atoms with Crippen LogP contribution in [0, 0.1) is 0 Å². The molecule has 0 fully saturated rings. The Morgan fingerprint density at radius 2 is 1.72 bits per heavy atom. The van der Waals surface area contributed by atoms with Gasteiger partial charge in [0, 0.05) is 6.54 Å². The number of aliphatic hydroxyl groups is 1. The van der Waals surface area contributed by atoms with E-state index in [9.17, 15) is 23.1 Å². The Kier molecular flexibility index (Phi) is 7.49. The Balaban J connectivity index is 3.12. The molecular weight excluding hydrogens is 410 g/mol. The van der Waals surface area contributed by atoms with Crippen LogP contribution >= 0.6 is 34.8 Å². The first-order valence-electron chi connectivity index (χ1n) is 6.76. The number of alkyl halides is 6. The summed E-state index contributed by atoms with van der Waals surface area (Å²) in [6.07, 6.45) is -6.64. The van der Waals surface area contributed by atoms with Crippen LogP contribution in [0.2, 0.25) is 0 Å². The van der Waals surface area contributed by atoms with Gasteiger partial charge in [-0.05, 0) is 29.7 Å². The SMILES string of the molecule is COc1cc(CCNC(=O)C(F)(F)F)c(C(O)C(Cl)(Cl)Cl)cc1OC. The highest BCUT2D eigenvalue weighted by molar-refractivity contribution is 6.68. The van der Waals surface area contributed by atoms with Gasteiger partial charge < -0.3 is 19.9 Å². The lowest BCUT2D eigenvalue weighted by Crippen LogP contribution is -2.37. The fourth-order valence-electron chi connectivity index (χ4n) is 2.00. The van der Waals surface area contributed by atoms with Gasteiger partial charge in [-0.2, -0.15) is 13.2 Å². The van der Waals surface area contributed by atoms with Gasteiger partial charge in [0.05, 0.1) is 14.2 Å². The molecule has 11 heteroatoms. The van der Waals surface area contributed by atoms with Crippen molar-refractivity contribution in [3.8, 4) is 11.5 Å². The highest BCUT2D eigenvalue weighted by Crippen LogP contribution is 2.43. The van der Waals surface area contributed by atoms with Crippen molar-refractivity contribution < 1.29 is 32.5 Å². The van der Waals surface area contributed by atoms with Crippen molar-refractivity contribution in [2.24, 2.45) is 0 Å². The Morgan fingerprint density at radius 1 is 1.20 bits per heavy atom. The third-order valence-corrected chi connectivity index (χ3v) is 3.81. The van der Waals surface area contributed by atoms with Gasteiger partial charge in [0.25, 0.3) is 0 Å². The van der Waals surface area contributed by atoms with Crippen LogP contribution in [-0.4, -0.2) is 41.7 Å². The van der Waals surface area contributed by atoms with E-state index in [0.29, 0.717) is 5.56 Å². The van der Waals surface area contributed by atoms with E-state index in [1.165, 1.54) is 26.4 Å². The van der Waals surface area contributed by atoms with E-state index in [0.717, 1.165) is 0 Å².